The molecule has 15 N–H and O–H groups in total. The number of primary amides is 2. The Morgan fingerprint density at radius 2 is 1.34 bits per heavy atom. The number of carbonyl (C=O) groups is 10. The quantitative estimate of drug-likeness (QED) is 0.0252. The first-order valence-electron chi connectivity index (χ1n) is 19.6. The highest BCUT2D eigenvalue weighted by atomic mass is 16.4. The summed E-state index contributed by atoms with van der Waals surface area (Å²) in [7, 11) is 0. The zero-order valence-electron chi connectivity index (χ0n) is 34.4. The Morgan fingerprint density at radius 1 is 0.770 bits per heavy atom. The van der Waals surface area contributed by atoms with Crippen LogP contribution in [0.25, 0.3) is 0 Å². The van der Waals surface area contributed by atoms with Crippen molar-refractivity contribution in [2.24, 2.45) is 33.8 Å². The van der Waals surface area contributed by atoms with Crippen molar-refractivity contribution in [3.63, 3.8) is 0 Å². The third kappa shape index (κ3) is 17.9. The fourth-order valence-electron chi connectivity index (χ4n) is 6.38. The summed E-state index contributed by atoms with van der Waals surface area (Å²) in [6.07, 6.45) is -0.974. The third-order valence-electron chi connectivity index (χ3n) is 9.38. The molecule has 1 aliphatic heterocycles. The molecular weight excluding hydrogens is 800 g/mol. The highest BCUT2D eigenvalue weighted by Crippen LogP contribution is 2.21. The molecule has 1 fully saturated rings. The Balaban J connectivity index is 2.41. The van der Waals surface area contributed by atoms with E-state index in [0.717, 1.165) is 6.92 Å². The summed E-state index contributed by atoms with van der Waals surface area (Å²) in [5, 5.41) is 24.0. The van der Waals surface area contributed by atoms with Crippen molar-refractivity contribution in [3.8, 4) is 0 Å². The summed E-state index contributed by atoms with van der Waals surface area (Å²) < 4.78 is 0. The lowest BCUT2D eigenvalue weighted by Crippen LogP contribution is -2.61. The lowest BCUT2D eigenvalue weighted by atomic mass is 9.99. The monoisotopic (exact) mass is 858 g/mol. The first kappa shape index (κ1) is 50.3. The van der Waals surface area contributed by atoms with Crippen LogP contribution in [0.5, 0.6) is 0 Å². The maximum Gasteiger partial charge on any atom is 0.303 e. The molecule has 1 saturated heterocycles. The Bertz CT molecular complexity index is 1790. The summed E-state index contributed by atoms with van der Waals surface area (Å²) in [6.45, 7) is 4.22. The van der Waals surface area contributed by atoms with Gasteiger partial charge in [-0.05, 0) is 43.6 Å². The van der Waals surface area contributed by atoms with Crippen molar-refractivity contribution in [2.75, 3.05) is 19.6 Å². The number of benzene rings is 1. The minimum Gasteiger partial charge on any atom is -0.481 e. The fourth-order valence-corrected chi connectivity index (χ4v) is 6.38. The molecule has 0 aliphatic carbocycles. The van der Waals surface area contributed by atoms with Crippen LogP contribution >= 0.6 is 0 Å². The zero-order chi connectivity index (χ0) is 45.8. The molecule has 1 aromatic carbocycles. The molecular formula is C38H58N12O11. The number of carboxylic acids is 1. The average Bonchev–Trinajstić information content (AvgIpc) is 3.68. The highest BCUT2D eigenvalue weighted by Gasteiger charge is 2.40. The fraction of sp³-hybridized carbons (Fsp3) is 0.553. The maximum atomic E-state index is 14.1. The summed E-state index contributed by atoms with van der Waals surface area (Å²) >= 11 is 0. The van der Waals surface area contributed by atoms with Crippen molar-refractivity contribution >= 4 is 65.1 Å². The zero-order valence-corrected chi connectivity index (χ0v) is 34.4. The number of nitrogens with zero attached hydrogens (tertiary/aromatic N) is 2. The van der Waals surface area contributed by atoms with E-state index in [-0.39, 0.29) is 44.7 Å². The molecule has 23 nitrogen and oxygen atoms in total. The Hall–Kier alpha value is -6.81. The lowest BCUT2D eigenvalue weighted by molar-refractivity contribution is -0.143. The topological polar surface area (TPSA) is 383 Å². The van der Waals surface area contributed by atoms with Crippen LogP contribution in [-0.2, 0) is 54.4 Å². The second-order valence-electron chi connectivity index (χ2n) is 14.8. The number of aliphatic imine (C=N–C) groups is 1. The van der Waals surface area contributed by atoms with E-state index in [1.807, 2.05) is 0 Å². The van der Waals surface area contributed by atoms with Crippen LogP contribution in [0.1, 0.15) is 71.3 Å². The molecule has 1 aromatic rings. The second kappa shape index (κ2) is 25.0. The van der Waals surface area contributed by atoms with Gasteiger partial charge in [-0.2, -0.15) is 0 Å². The van der Waals surface area contributed by atoms with Crippen LogP contribution in [-0.4, -0.2) is 131 Å². The number of amides is 9. The van der Waals surface area contributed by atoms with Crippen LogP contribution in [0.15, 0.2) is 35.3 Å². The number of guanidine groups is 1. The van der Waals surface area contributed by atoms with Gasteiger partial charge in [0.1, 0.15) is 36.3 Å². The molecule has 6 atom stereocenters. The number of carboxylic acid groups (broad SMARTS) is 1. The molecule has 23 heteroatoms. The van der Waals surface area contributed by atoms with E-state index in [9.17, 15) is 47.9 Å². The Morgan fingerprint density at radius 3 is 1.90 bits per heavy atom. The van der Waals surface area contributed by atoms with Gasteiger partial charge in [-0.3, -0.25) is 52.9 Å². The molecule has 1 aliphatic rings. The van der Waals surface area contributed by atoms with Crippen molar-refractivity contribution in [2.45, 2.75) is 108 Å². The van der Waals surface area contributed by atoms with Crippen LogP contribution < -0.4 is 54.8 Å². The molecule has 0 saturated carbocycles. The Kier molecular flexibility index (Phi) is 20.6. The smallest absolute Gasteiger partial charge is 0.303 e. The summed E-state index contributed by atoms with van der Waals surface area (Å²) in [4.78, 5) is 134. The van der Waals surface area contributed by atoms with Gasteiger partial charge in [0, 0.05) is 32.9 Å². The summed E-state index contributed by atoms with van der Waals surface area (Å²) in [6, 6.07) is 0.438. The van der Waals surface area contributed by atoms with E-state index >= 15 is 0 Å². The van der Waals surface area contributed by atoms with Crippen molar-refractivity contribution in [1.82, 2.24) is 36.8 Å². The number of likely N-dealkylation sites (tertiary alicyclic amines) is 1. The second-order valence-corrected chi connectivity index (χ2v) is 14.8. The van der Waals surface area contributed by atoms with Gasteiger partial charge in [0.25, 0.3) is 0 Å². The minimum atomic E-state index is -1.71. The molecule has 61 heavy (non-hydrogen) atoms. The molecule has 0 aromatic heterocycles. The minimum absolute atomic E-state index is 0.0123. The van der Waals surface area contributed by atoms with E-state index in [0.29, 0.717) is 18.4 Å². The number of nitrogens with one attached hydrogen (secondary N) is 6. The normalized spacial score (nSPS) is 15.7. The third-order valence-corrected chi connectivity index (χ3v) is 9.38. The summed E-state index contributed by atoms with van der Waals surface area (Å²) in [5.74, 6) is -9.40. The van der Waals surface area contributed by atoms with Gasteiger partial charge >= 0.3 is 5.97 Å². The van der Waals surface area contributed by atoms with Crippen LogP contribution in [0, 0.1) is 5.92 Å². The first-order chi connectivity index (χ1) is 28.7. The standard InChI is InChI=1S/C38H58N12O11/c1-20(2)31(37(61)50-16-8-12-27(50)36(60)44-19-29(40)53)49-35(59)25(17-22-9-5-4-6-10-22)47-34(58)26(18-28(39)52)48-32(56)23(11-7-15-43-38(41)42)46-33(57)24(45-21(3)51)13-14-30(54)55/h4-6,9-10,20,23-27,31H,7-8,11-19H2,1-3H3,(H2,39,52)(H2,40,53)(H,44,60)(H,45,51)(H,46,57)(H,47,58)(H,48,56)(H,49,59)(H,54,55)(H4,41,42,43)/t23-,24-,25-,26-,27-,31-/m0/s1. The lowest BCUT2D eigenvalue weighted by Gasteiger charge is -2.32. The molecule has 0 spiro atoms. The highest BCUT2D eigenvalue weighted by molar-refractivity contribution is 5.98. The van der Waals surface area contributed by atoms with Gasteiger partial charge < -0.3 is 64.8 Å². The number of rotatable bonds is 25. The molecule has 336 valence electrons. The summed E-state index contributed by atoms with van der Waals surface area (Å²) in [5.41, 5.74) is 22.0. The number of aliphatic carboxylic acids is 1. The van der Waals surface area contributed by atoms with Crippen LogP contribution in [0.3, 0.4) is 0 Å². The van der Waals surface area contributed by atoms with E-state index in [2.05, 4.69) is 36.9 Å². The van der Waals surface area contributed by atoms with Crippen LogP contribution in [0.4, 0.5) is 0 Å². The molecule has 9 amide bonds. The first-order valence-corrected chi connectivity index (χ1v) is 19.6. The molecule has 2 rings (SSSR count). The van der Waals surface area contributed by atoms with Gasteiger partial charge in [0.15, 0.2) is 5.96 Å². The molecule has 0 bridgehead atoms. The van der Waals surface area contributed by atoms with E-state index < -0.39 is 121 Å². The van der Waals surface area contributed by atoms with Gasteiger partial charge in [0.05, 0.1) is 13.0 Å². The van der Waals surface area contributed by atoms with E-state index in [1.165, 1.54) is 4.90 Å². The van der Waals surface area contributed by atoms with Crippen molar-refractivity contribution in [3.05, 3.63) is 35.9 Å². The molecule has 0 unspecified atom stereocenters. The number of nitrogens with two attached hydrogens (primary N) is 4. The largest absolute Gasteiger partial charge is 0.481 e. The van der Waals surface area contributed by atoms with Gasteiger partial charge in [-0.1, -0.05) is 44.2 Å². The Labute approximate surface area is 352 Å². The van der Waals surface area contributed by atoms with Crippen LogP contribution in [0.2, 0.25) is 0 Å². The predicted molar refractivity (Wildman–Crippen MR) is 218 cm³/mol. The number of carbonyl (C=O) groups excluding carboxylic acids is 9. The number of hydrogen-bond donors (Lipinski definition) is 11. The number of hydrogen-bond acceptors (Lipinski definition) is 11. The molecule has 0 radical (unpaired) electrons. The average molecular weight is 859 g/mol. The van der Waals surface area contributed by atoms with Gasteiger partial charge in [-0.15, -0.1) is 0 Å². The van der Waals surface area contributed by atoms with Crippen molar-refractivity contribution < 1.29 is 53.1 Å². The predicted octanol–water partition coefficient (Wildman–Crippen LogP) is -4.28. The molecule has 1 heterocycles. The van der Waals surface area contributed by atoms with Crippen molar-refractivity contribution in [1.29, 1.82) is 0 Å². The van der Waals surface area contributed by atoms with E-state index in [4.69, 9.17) is 28.0 Å². The van der Waals surface area contributed by atoms with Gasteiger partial charge in [0.2, 0.25) is 53.2 Å². The maximum absolute atomic E-state index is 14.1. The van der Waals surface area contributed by atoms with Gasteiger partial charge in [-0.25, -0.2) is 0 Å². The van der Waals surface area contributed by atoms with E-state index in [1.54, 1.807) is 44.2 Å². The SMILES string of the molecule is CC(=O)N[C@@H](CCC(=O)O)C(=O)N[C@@H](CCCN=C(N)N)C(=O)N[C@@H](CC(N)=O)C(=O)N[C@@H](Cc1ccccc1)C(=O)N[C@H](C(=O)N1CCC[C@H]1C(=O)NCC(N)=O)C(C)C.